The van der Waals surface area contributed by atoms with Gasteiger partial charge < -0.3 is 0 Å². The first kappa shape index (κ1) is 16.8. The predicted octanol–water partition coefficient (Wildman–Crippen LogP) is -1.69. The van der Waals surface area contributed by atoms with Gasteiger partial charge in [0.1, 0.15) is 0 Å². The van der Waals surface area contributed by atoms with Gasteiger partial charge in [0.15, 0.2) is 0 Å². The van der Waals surface area contributed by atoms with Crippen LogP contribution in [0.4, 0.5) is 0 Å². The van der Waals surface area contributed by atoms with E-state index in [0.717, 1.165) is 0 Å². The van der Waals surface area contributed by atoms with Crippen molar-refractivity contribution in [1.82, 2.24) is 0 Å². The Kier molecular flexibility index (Phi) is 86.5. The monoisotopic (exact) mass is 318 g/mol. The van der Waals surface area contributed by atoms with Gasteiger partial charge in [-0.25, -0.2) is 0 Å². The van der Waals surface area contributed by atoms with Crippen LogP contribution >= 0.6 is 0 Å². The fourth-order valence-corrected chi connectivity index (χ4v) is 0. The second-order valence-corrected chi connectivity index (χ2v) is 0. The van der Waals surface area contributed by atoms with E-state index in [0.29, 0.717) is 22.5 Å². The Labute approximate surface area is 65.7 Å². The first-order valence-corrected chi connectivity index (χ1v) is 1.37. The molecule has 0 N–H and O–H groups in total. The topological polar surface area (TPSA) is 17.1 Å². The maximum atomic E-state index is 8.34. The fourth-order valence-electron chi connectivity index (χ4n) is 0. The Bertz CT molecular complexity index is 8.00. The molecule has 0 amide bonds. The van der Waals surface area contributed by atoms with E-state index in [1.807, 2.05) is 0 Å². The van der Waals surface area contributed by atoms with Gasteiger partial charge in [0.2, 0.25) is 0 Å². The Balaban J connectivity index is -0.00000000500. The van der Waals surface area contributed by atoms with Gasteiger partial charge in [-0.05, 0) is 0 Å². The summed E-state index contributed by atoms with van der Waals surface area (Å²) in [7, 11) is 0. The molecule has 0 bridgehead atoms. The molecule has 0 aromatic rings. The number of hydrogen-bond donors (Lipinski definition) is 0. The zero-order valence-corrected chi connectivity index (χ0v) is 9.81. The molecule has 0 heterocycles. The normalized spacial score (nSPS) is 1.00. The molecule has 0 rings (SSSR count). The van der Waals surface area contributed by atoms with E-state index >= 15 is 0 Å². The average Bonchev–Trinajstić information content (AvgIpc) is 1.00. The standard InChI is InChI=1S/Ni.O.Sb.Sn.3H. The van der Waals surface area contributed by atoms with E-state index in [2.05, 4.69) is 0 Å². The summed E-state index contributed by atoms with van der Waals surface area (Å²) in [6, 6.07) is 0. The van der Waals surface area contributed by atoms with Crippen LogP contribution in [0.25, 0.3) is 0 Å². The van der Waals surface area contributed by atoms with Gasteiger partial charge in [-0.1, -0.05) is 0 Å². The molecule has 4 heavy (non-hydrogen) atoms. The average molecular weight is 318 g/mol. The Morgan fingerprint density at radius 1 is 1.25 bits per heavy atom. The van der Waals surface area contributed by atoms with Crippen molar-refractivity contribution >= 4 is 46.9 Å². The van der Waals surface area contributed by atoms with E-state index in [1.54, 1.807) is 0 Å². The van der Waals surface area contributed by atoms with Crippen LogP contribution in [-0.2, 0) is 19.6 Å². The molecule has 0 aliphatic heterocycles. The third-order valence-electron chi connectivity index (χ3n) is 0. The van der Waals surface area contributed by atoms with Crippen LogP contribution in [0.2, 0.25) is 0 Å². The Morgan fingerprint density at radius 2 is 1.25 bits per heavy atom. The van der Waals surface area contributed by atoms with Gasteiger partial charge in [-0.15, -0.1) is 0 Å². The summed E-state index contributed by atoms with van der Waals surface area (Å²) in [5, 5.41) is 0. The van der Waals surface area contributed by atoms with Crippen LogP contribution in [-0.4, -0.2) is 46.9 Å². The van der Waals surface area contributed by atoms with E-state index in [4.69, 9.17) is 3.08 Å². The minimum absolute atomic E-state index is 0. The summed E-state index contributed by atoms with van der Waals surface area (Å²) in [6.45, 7) is 0. The van der Waals surface area contributed by atoms with E-state index in [1.165, 1.54) is 0 Å². The van der Waals surface area contributed by atoms with Crippen LogP contribution in [0, 0.1) is 0 Å². The van der Waals surface area contributed by atoms with Gasteiger partial charge in [0, 0.05) is 16.5 Å². The van der Waals surface area contributed by atoms with Crippen molar-refractivity contribution in [2.24, 2.45) is 0 Å². The first-order chi connectivity index (χ1) is 1.00. The third-order valence-corrected chi connectivity index (χ3v) is 0. The van der Waals surface area contributed by atoms with E-state index < -0.39 is 0 Å². The molecule has 0 aromatic carbocycles. The van der Waals surface area contributed by atoms with E-state index in [-0.39, 0.29) is 40.9 Å². The molecule has 0 fully saturated rings. The zero-order valence-electron chi connectivity index (χ0n) is 1.93. The molecular formula is H3NiOSbSn. The van der Waals surface area contributed by atoms with Crippen molar-refractivity contribution in [2.45, 2.75) is 0 Å². The van der Waals surface area contributed by atoms with Crippen LogP contribution in [0.15, 0.2) is 0 Å². The maximum absolute atomic E-state index is 8.34. The van der Waals surface area contributed by atoms with Crippen molar-refractivity contribution < 1.29 is 19.6 Å². The van der Waals surface area contributed by atoms with Gasteiger partial charge in [0.05, 0.1) is 0 Å². The summed E-state index contributed by atoms with van der Waals surface area (Å²) in [4.78, 5) is 0. The van der Waals surface area contributed by atoms with Crippen LogP contribution in [0.5, 0.6) is 0 Å². The zero-order chi connectivity index (χ0) is 2.00. The van der Waals surface area contributed by atoms with Crippen LogP contribution in [0.1, 0.15) is 0 Å². The molecule has 2 radical (unpaired) electrons. The SMILES string of the molecule is [Ni].[O]=[Sn].[SbH3]. The molecule has 0 unspecified atom stereocenters. The summed E-state index contributed by atoms with van der Waals surface area (Å²) in [6.07, 6.45) is 0. The molecule has 0 aromatic heterocycles. The quantitative estimate of drug-likeness (QED) is 0.488. The predicted molar refractivity (Wildman–Crippen MR) is 16.4 cm³/mol. The molecular weight excluding hydrogens is 315 g/mol. The van der Waals surface area contributed by atoms with Gasteiger partial charge in [-0.2, -0.15) is 0 Å². The van der Waals surface area contributed by atoms with Crippen molar-refractivity contribution in [3.63, 3.8) is 0 Å². The van der Waals surface area contributed by atoms with Crippen molar-refractivity contribution in [2.75, 3.05) is 0 Å². The second kappa shape index (κ2) is 20.6. The number of hydrogen-bond acceptors (Lipinski definition) is 1. The minimum atomic E-state index is 0. The summed E-state index contributed by atoms with van der Waals surface area (Å²) in [5.74, 6) is 0. The second-order valence-electron chi connectivity index (χ2n) is 0. The molecule has 1 nitrogen and oxygen atoms in total. The fraction of sp³-hybridized carbons (Fsp3) is 0. The number of rotatable bonds is 0. The first-order valence-electron chi connectivity index (χ1n) is 0.204. The molecule has 0 atom stereocenters. The summed E-state index contributed by atoms with van der Waals surface area (Å²) in [5.41, 5.74) is 0. The van der Waals surface area contributed by atoms with E-state index in [9.17, 15) is 0 Å². The van der Waals surface area contributed by atoms with Gasteiger partial charge in [-0.3, -0.25) is 0 Å². The van der Waals surface area contributed by atoms with Crippen molar-refractivity contribution in [3.05, 3.63) is 0 Å². The Morgan fingerprint density at radius 3 is 1.25 bits per heavy atom. The molecule has 4 heteroatoms. The summed E-state index contributed by atoms with van der Waals surface area (Å²) >= 11 is 0.300. The molecule has 0 aliphatic rings. The van der Waals surface area contributed by atoms with Crippen LogP contribution < -0.4 is 0 Å². The van der Waals surface area contributed by atoms with Gasteiger partial charge >= 0.3 is 50.0 Å². The summed E-state index contributed by atoms with van der Waals surface area (Å²) < 4.78 is 8.34. The molecule has 0 saturated carbocycles. The molecule has 0 spiro atoms. The van der Waals surface area contributed by atoms with Crippen LogP contribution in [0.3, 0.4) is 0 Å². The third kappa shape index (κ3) is 9.08. The molecule has 28 valence electrons. The van der Waals surface area contributed by atoms with Crippen molar-refractivity contribution in [1.29, 1.82) is 0 Å². The Hall–Kier alpha value is 1.91. The molecule has 0 aliphatic carbocycles. The van der Waals surface area contributed by atoms with Gasteiger partial charge in [0.25, 0.3) is 0 Å². The van der Waals surface area contributed by atoms with Crippen molar-refractivity contribution in [3.8, 4) is 0 Å². The molecule has 0 saturated heterocycles.